The van der Waals surface area contributed by atoms with Crippen LogP contribution in [0.15, 0.2) is 83.8 Å². The standard InChI is InChI=1S/C22H20N6O/c1-15-5-4-7-18(24-15)19-6-2-3-8-20(26-19)27-21-13-14-23-22(28-21)25-16-9-11-17(29)12-10-16/h2-5,7-14,29H,6H2,1H3,(H2,23,25,27,28). The maximum absolute atomic E-state index is 9.39. The van der Waals surface area contributed by atoms with E-state index in [-0.39, 0.29) is 5.75 Å². The lowest BCUT2D eigenvalue weighted by atomic mass is 10.1. The van der Waals surface area contributed by atoms with Crippen molar-refractivity contribution in [3.8, 4) is 5.75 Å². The largest absolute Gasteiger partial charge is 0.508 e. The van der Waals surface area contributed by atoms with Gasteiger partial charge < -0.3 is 15.7 Å². The van der Waals surface area contributed by atoms with Gasteiger partial charge in [0.2, 0.25) is 5.95 Å². The van der Waals surface area contributed by atoms with E-state index in [0.29, 0.717) is 24.0 Å². The number of phenols is 1. The van der Waals surface area contributed by atoms with Crippen LogP contribution in [0.25, 0.3) is 0 Å². The fourth-order valence-corrected chi connectivity index (χ4v) is 2.80. The second-order valence-corrected chi connectivity index (χ2v) is 6.47. The Morgan fingerprint density at radius 2 is 1.83 bits per heavy atom. The molecule has 7 heteroatoms. The predicted octanol–water partition coefficient (Wildman–Crippen LogP) is 4.33. The van der Waals surface area contributed by atoms with Gasteiger partial charge in [0.1, 0.15) is 17.4 Å². The van der Waals surface area contributed by atoms with Crippen LogP contribution >= 0.6 is 0 Å². The molecule has 0 radical (unpaired) electrons. The predicted molar refractivity (Wildman–Crippen MR) is 114 cm³/mol. The minimum atomic E-state index is 0.206. The first-order valence-electron chi connectivity index (χ1n) is 9.20. The third-order valence-corrected chi connectivity index (χ3v) is 4.18. The second-order valence-electron chi connectivity index (χ2n) is 6.47. The quantitative estimate of drug-likeness (QED) is 0.567. The molecule has 0 amide bonds. The van der Waals surface area contributed by atoms with E-state index in [1.807, 2.05) is 37.3 Å². The highest BCUT2D eigenvalue weighted by Crippen LogP contribution is 2.19. The average Bonchev–Trinajstić information content (AvgIpc) is 2.96. The third kappa shape index (κ3) is 4.84. The summed E-state index contributed by atoms with van der Waals surface area (Å²) in [6.07, 6.45) is 8.28. The van der Waals surface area contributed by atoms with E-state index >= 15 is 0 Å². The van der Waals surface area contributed by atoms with E-state index in [1.54, 1.807) is 36.5 Å². The van der Waals surface area contributed by atoms with Crippen molar-refractivity contribution in [3.05, 3.63) is 90.2 Å². The van der Waals surface area contributed by atoms with E-state index in [9.17, 15) is 5.11 Å². The number of allylic oxidation sites excluding steroid dienone is 3. The van der Waals surface area contributed by atoms with Crippen molar-refractivity contribution in [1.29, 1.82) is 0 Å². The van der Waals surface area contributed by atoms with Gasteiger partial charge in [-0.05, 0) is 55.5 Å². The minimum absolute atomic E-state index is 0.206. The maximum Gasteiger partial charge on any atom is 0.229 e. The molecule has 0 fully saturated rings. The number of nitrogens with zero attached hydrogens (tertiary/aromatic N) is 4. The van der Waals surface area contributed by atoms with Crippen molar-refractivity contribution in [2.45, 2.75) is 13.3 Å². The topological polar surface area (TPSA) is 95.3 Å². The second kappa shape index (κ2) is 8.35. The number of hydrogen-bond acceptors (Lipinski definition) is 7. The van der Waals surface area contributed by atoms with E-state index in [2.05, 4.69) is 31.7 Å². The summed E-state index contributed by atoms with van der Waals surface area (Å²) in [4.78, 5) is 18.0. The number of anilines is 3. The molecule has 7 nitrogen and oxygen atoms in total. The third-order valence-electron chi connectivity index (χ3n) is 4.18. The number of nitrogens with one attached hydrogen (secondary N) is 2. The molecule has 3 N–H and O–H groups in total. The number of hydrogen-bond donors (Lipinski definition) is 3. The van der Waals surface area contributed by atoms with E-state index in [0.717, 1.165) is 22.8 Å². The molecule has 144 valence electrons. The van der Waals surface area contributed by atoms with Gasteiger partial charge in [0.05, 0.1) is 11.4 Å². The number of benzene rings is 1. The molecular formula is C22H20N6O. The molecule has 2 aromatic heterocycles. The molecular weight excluding hydrogens is 364 g/mol. The molecule has 0 spiro atoms. The van der Waals surface area contributed by atoms with Crippen molar-refractivity contribution < 1.29 is 5.11 Å². The summed E-state index contributed by atoms with van der Waals surface area (Å²) in [6.45, 7) is 1.97. The molecule has 1 aliphatic heterocycles. The molecule has 0 saturated heterocycles. The van der Waals surface area contributed by atoms with Crippen molar-refractivity contribution in [1.82, 2.24) is 15.0 Å². The molecule has 3 aromatic rings. The molecule has 1 aromatic carbocycles. The van der Waals surface area contributed by atoms with Crippen molar-refractivity contribution in [2.24, 2.45) is 4.99 Å². The van der Waals surface area contributed by atoms with Crippen LogP contribution in [0.2, 0.25) is 0 Å². The Hall–Kier alpha value is -4.00. The van der Waals surface area contributed by atoms with Crippen molar-refractivity contribution in [2.75, 3.05) is 10.6 Å². The number of phenolic OH excluding ortho intramolecular Hbond substituents is 1. The Morgan fingerprint density at radius 3 is 2.66 bits per heavy atom. The van der Waals surface area contributed by atoms with Crippen LogP contribution in [-0.4, -0.2) is 25.8 Å². The monoisotopic (exact) mass is 384 g/mol. The Labute approximate surface area is 168 Å². The van der Waals surface area contributed by atoms with Gasteiger partial charge in [-0.3, -0.25) is 4.98 Å². The van der Waals surface area contributed by atoms with E-state index < -0.39 is 0 Å². The van der Waals surface area contributed by atoms with Gasteiger partial charge in [0.25, 0.3) is 0 Å². The summed E-state index contributed by atoms with van der Waals surface area (Å²) in [5, 5.41) is 15.7. The summed E-state index contributed by atoms with van der Waals surface area (Å²) in [5.41, 5.74) is 3.49. The number of aryl methyl sites for hydroxylation is 1. The van der Waals surface area contributed by atoms with E-state index in [1.165, 1.54) is 0 Å². The normalized spacial score (nSPS) is 13.3. The van der Waals surface area contributed by atoms with Gasteiger partial charge in [0, 0.05) is 24.0 Å². The summed E-state index contributed by atoms with van der Waals surface area (Å²) in [6, 6.07) is 14.4. The van der Waals surface area contributed by atoms with Crippen molar-refractivity contribution >= 4 is 23.2 Å². The van der Waals surface area contributed by atoms with Crippen LogP contribution in [0.3, 0.4) is 0 Å². The SMILES string of the molecule is Cc1cccc(C2=NC(Nc3ccnc(Nc4ccc(O)cc4)n3)=CC=CC2)n1. The fraction of sp³-hybridized carbons (Fsp3) is 0.0909. The molecule has 0 aliphatic carbocycles. The smallest absolute Gasteiger partial charge is 0.229 e. The zero-order valence-electron chi connectivity index (χ0n) is 15.9. The molecule has 0 unspecified atom stereocenters. The van der Waals surface area contributed by atoms with Gasteiger partial charge in [-0.2, -0.15) is 4.98 Å². The summed E-state index contributed by atoms with van der Waals surface area (Å²) < 4.78 is 0. The van der Waals surface area contributed by atoms with Crippen LogP contribution in [0, 0.1) is 6.92 Å². The zero-order valence-corrected chi connectivity index (χ0v) is 15.9. The lowest BCUT2D eigenvalue weighted by Crippen LogP contribution is -2.07. The highest BCUT2D eigenvalue weighted by atomic mass is 16.3. The summed E-state index contributed by atoms with van der Waals surface area (Å²) in [5.74, 6) is 1.93. The molecule has 0 bridgehead atoms. The molecule has 29 heavy (non-hydrogen) atoms. The highest BCUT2D eigenvalue weighted by molar-refractivity contribution is 6.00. The number of aromatic hydroxyl groups is 1. The Morgan fingerprint density at radius 1 is 0.966 bits per heavy atom. The number of rotatable bonds is 5. The molecule has 4 rings (SSSR count). The maximum atomic E-state index is 9.39. The fourth-order valence-electron chi connectivity index (χ4n) is 2.80. The first-order chi connectivity index (χ1) is 14.2. The van der Waals surface area contributed by atoms with Gasteiger partial charge >= 0.3 is 0 Å². The molecule has 3 heterocycles. The van der Waals surface area contributed by atoms with Gasteiger partial charge in [0.15, 0.2) is 0 Å². The molecule has 0 saturated carbocycles. The lowest BCUT2D eigenvalue weighted by Gasteiger charge is -2.10. The van der Waals surface area contributed by atoms with Crippen LogP contribution < -0.4 is 10.6 Å². The summed E-state index contributed by atoms with van der Waals surface area (Å²) >= 11 is 0. The molecule has 0 atom stereocenters. The summed E-state index contributed by atoms with van der Waals surface area (Å²) in [7, 11) is 0. The van der Waals surface area contributed by atoms with Gasteiger partial charge in [-0.1, -0.05) is 18.2 Å². The Kier molecular flexibility index (Phi) is 5.29. The number of aromatic nitrogens is 3. The number of pyridine rings is 1. The average molecular weight is 384 g/mol. The highest BCUT2D eigenvalue weighted by Gasteiger charge is 2.09. The van der Waals surface area contributed by atoms with E-state index in [4.69, 9.17) is 4.99 Å². The van der Waals surface area contributed by atoms with Crippen LogP contribution in [-0.2, 0) is 0 Å². The lowest BCUT2D eigenvalue weighted by molar-refractivity contribution is 0.475. The molecule has 1 aliphatic rings. The van der Waals surface area contributed by atoms with Crippen molar-refractivity contribution in [3.63, 3.8) is 0 Å². The van der Waals surface area contributed by atoms with Crippen LogP contribution in [0.4, 0.5) is 17.5 Å². The van der Waals surface area contributed by atoms with Gasteiger partial charge in [-0.15, -0.1) is 0 Å². The minimum Gasteiger partial charge on any atom is -0.508 e. The first kappa shape index (κ1) is 18.4. The zero-order chi connectivity index (χ0) is 20.1. The first-order valence-corrected chi connectivity index (χ1v) is 9.20. The van der Waals surface area contributed by atoms with Gasteiger partial charge in [-0.25, -0.2) is 9.98 Å². The number of aliphatic imine (C=N–C) groups is 1. The Balaban J connectivity index is 1.53. The van der Waals surface area contributed by atoms with Crippen LogP contribution in [0.5, 0.6) is 5.75 Å². The van der Waals surface area contributed by atoms with Crippen LogP contribution in [0.1, 0.15) is 17.8 Å². The Bertz CT molecular complexity index is 1100.